The van der Waals surface area contributed by atoms with E-state index in [0.29, 0.717) is 12.7 Å². The van der Waals surface area contributed by atoms with Gasteiger partial charge in [0.2, 0.25) is 0 Å². The van der Waals surface area contributed by atoms with Crippen LogP contribution in [-0.2, 0) is 18.9 Å². The van der Waals surface area contributed by atoms with E-state index in [1.54, 1.807) is 7.11 Å². The van der Waals surface area contributed by atoms with Crippen molar-refractivity contribution in [3.05, 3.63) is 29.8 Å². The predicted octanol–water partition coefficient (Wildman–Crippen LogP) is 2.83. The van der Waals surface area contributed by atoms with Crippen LogP contribution in [-0.4, -0.2) is 44.2 Å². The average molecular weight is 320 g/mol. The molecule has 6 atom stereocenters. The Bertz CT molecular complexity index is 531. The molecule has 0 bridgehead atoms. The smallest absolute Gasteiger partial charge is 0.184 e. The Kier molecular flexibility index (Phi) is 4.28. The zero-order chi connectivity index (χ0) is 15.8. The number of fused-ring (bicyclic) bond motifs is 2. The molecule has 5 nitrogen and oxygen atoms in total. The van der Waals surface area contributed by atoms with Crippen LogP contribution < -0.4 is 4.74 Å². The lowest BCUT2D eigenvalue weighted by molar-refractivity contribution is -0.276. The van der Waals surface area contributed by atoms with Gasteiger partial charge in [-0.25, -0.2) is 0 Å². The number of hydrogen-bond donors (Lipinski definition) is 0. The summed E-state index contributed by atoms with van der Waals surface area (Å²) in [5.41, 5.74) is 1.01. The molecule has 23 heavy (non-hydrogen) atoms. The number of hydrogen-bond acceptors (Lipinski definition) is 5. The lowest BCUT2D eigenvalue weighted by atomic mass is 9.99. The Balaban J connectivity index is 1.45. The Morgan fingerprint density at radius 2 is 1.78 bits per heavy atom. The van der Waals surface area contributed by atoms with Crippen LogP contribution in [0.2, 0.25) is 0 Å². The minimum Gasteiger partial charge on any atom is -0.497 e. The van der Waals surface area contributed by atoms with E-state index in [1.807, 2.05) is 24.3 Å². The first-order valence-electron chi connectivity index (χ1n) is 8.50. The maximum absolute atomic E-state index is 6.22. The van der Waals surface area contributed by atoms with Crippen LogP contribution in [0.25, 0.3) is 0 Å². The second kappa shape index (κ2) is 6.40. The van der Waals surface area contributed by atoms with E-state index in [1.165, 1.54) is 0 Å². The molecule has 126 valence electrons. The summed E-state index contributed by atoms with van der Waals surface area (Å²) in [5.74, 6) is 0.833. The van der Waals surface area contributed by atoms with Gasteiger partial charge in [-0.05, 0) is 31.4 Å². The van der Waals surface area contributed by atoms with Gasteiger partial charge in [0.15, 0.2) is 6.29 Å². The van der Waals surface area contributed by atoms with Gasteiger partial charge < -0.3 is 23.7 Å². The van der Waals surface area contributed by atoms with Crippen LogP contribution in [0.15, 0.2) is 24.3 Å². The van der Waals surface area contributed by atoms with Gasteiger partial charge in [0.1, 0.15) is 18.0 Å². The minimum atomic E-state index is -0.332. The minimum absolute atomic E-state index is 0.000372. The molecule has 0 spiro atoms. The molecule has 5 heteroatoms. The van der Waals surface area contributed by atoms with E-state index in [0.717, 1.165) is 30.6 Å². The lowest BCUT2D eigenvalue weighted by Gasteiger charge is -2.39. The molecule has 0 aromatic heterocycles. The first-order chi connectivity index (χ1) is 11.3. The van der Waals surface area contributed by atoms with Crippen molar-refractivity contribution in [2.45, 2.75) is 63.0 Å². The zero-order valence-corrected chi connectivity index (χ0v) is 13.6. The van der Waals surface area contributed by atoms with E-state index in [2.05, 4.69) is 6.92 Å². The molecular formula is C18H24O5. The van der Waals surface area contributed by atoms with E-state index in [4.69, 9.17) is 23.7 Å². The topological polar surface area (TPSA) is 49.5 Å². The van der Waals surface area contributed by atoms with Gasteiger partial charge in [0.05, 0.1) is 32.0 Å². The Morgan fingerprint density at radius 1 is 1.00 bits per heavy atom. The summed E-state index contributed by atoms with van der Waals surface area (Å²) in [7, 11) is 1.66. The number of ether oxygens (including phenoxy) is 5. The standard InChI is InChI=1S/C18H24O5/c1-3-13-17-15(22-17)9-8-14-16(21-13)10-20-18(23-14)11-4-6-12(19-2)7-5-11/h4-7,13-18H,3,8-10H2,1-2H3/t13-,14-,15+,16+,17-,18+/m0/s1. The highest BCUT2D eigenvalue weighted by Crippen LogP contribution is 2.39. The maximum Gasteiger partial charge on any atom is 0.184 e. The third-order valence-corrected chi connectivity index (χ3v) is 4.99. The largest absolute Gasteiger partial charge is 0.497 e. The van der Waals surface area contributed by atoms with Crippen molar-refractivity contribution in [3.63, 3.8) is 0 Å². The summed E-state index contributed by atoms with van der Waals surface area (Å²) >= 11 is 0. The van der Waals surface area contributed by atoms with E-state index in [9.17, 15) is 0 Å². The molecule has 0 N–H and O–H groups in total. The Labute approximate surface area is 136 Å². The highest BCUT2D eigenvalue weighted by Gasteiger charge is 2.49. The van der Waals surface area contributed by atoms with Gasteiger partial charge in [-0.3, -0.25) is 0 Å². The van der Waals surface area contributed by atoms with Crippen LogP contribution in [0.3, 0.4) is 0 Å². The number of rotatable bonds is 3. The fourth-order valence-corrected chi connectivity index (χ4v) is 3.57. The normalized spacial score (nSPS) is 39.6. The monoisotopic (exact) mass is 320 g/mol. The highest BCUT2D eigenvalue weighted by molar-refractivity contribution is 5.28. The molecule has 0 saturated carbocycles. The Morgan fingerprint density at radius 3 is 2.52 bits per heavy atom. The highest BCUT2D eigenvalue weighted by atomic mass is 16.7. The average Bonchev–Trinajstić information content (AvgIpc) is 3.35. The number of benzene rings is 1. The fourth-order valence-electron chi connectivity index (χ4n) is 3.57. The molecule has 3 saturated heterocycles. The van der Waals surface area contributed by atoms with Crippen molar-refractivity contribution < 1.29 is 23.7 Å². The summed E-state index contributed by atoms with van der Waals surface area (Å²) in [6.45, 7) is 2.71. The third-order valence-electron chi connectivity index (χ3n) is 4.99. The van der Waals surface area contributed by atoms with Crippen molar-refractivity contribution in [1.29, 1.82) is 0 Å². The third kappa shape index (κ3) is 3.11. The van der Waals surface area contributed by atoms with Crippen molar-refractivity contribution in [3.8, 4) is 5.75 Å². The SMILES string of the molecule is CC[C@@H]1O[C@@H]2CO[C@@H](c3ccc(OC)cc3)O[C@H]2CC[C@H]2O[C@@H]12. The van der Waals surface area contributed by atoms with Gasteiger partial charge in [-0.2, -0.15) is 0 Å². The Hall–Kier alpha value is -1.14. The lowest BCUT2D eigenvalue weighted by Crippen LogP contribution is -2.46. The molecule has 1 aromatic carbocycles. The van der Waals surface area contributed by atoms with Crippen molar-refractivity contribution in [2.24, 2.45) is 0 Å². The van der Waals surface area contributed by atoms with Crippen LogP contribution in [0, 0.1) is 0 Å². The summed E-state index contributed by atoms with van der Waals surface area (Å²) in [4.78, 5) is 0. The first-order valence-corrected chi connectivity index (χ1v) is 8.50. The fraction of sp³-hybridized carbons (Fsp3) is 0.667. The molecule has 0 amide bonds. The molecule has 3 aliphatic rings. The van der Waals surface area contributed by atoms with E-state index in [-0.39, 0.29) is 30.7 Å². The molecule has 0 aliphatic carbocycles. The van der Waals surface area contributed by atoms with Gasteiger partial charge >= 0.3 is 0 Å². The summed E-state index contributed by atoms with van der Waals surface area (Å²) in [5, 5.41) is 0. The number of methoxy groups -OCH3 is 1. The van der Waals surface area contributed by atoms with Crippen molar-refractivity contribution in [2.75, 3.05) is 13.7 Å². The quantitative estimate of drug-likeness (QED) is 0.802. The van der Waals surface area contributed by atoms with Crippen LogP contribution >= 0.6 is 0 Å². The summed E-state index contributed by atoms with van der Waals surface area (Å²) in [6.07, 6.45) is 3.49. The van der Waals surface area contributed by atoms with Crippen LogP contribution in [0.5, 0.6) is 5.75 Å². The van der Waals surface area contributed by atoms with Gasteiger partial charge in [0.25, 0.3) is 0 Å². The van der Waals surface area contributed by atoms with E-state index >= 15 is 0 Å². The molecule has 3 fully saturated rings. The first kappa shape index (κ1) is 15.4. The second-order valence-corrected chi connectivity index (χ2v) is 6.45. The van der Waals surface area contributed by atoms with E-state index < -0.39 is 0 Å². The molecule has 0 radical (unpaired) electrons. The van der Waals surface area contributed by atoms with Gasteiger partial charge in [-0.1, -0.05) is 19.1 Å². The van der Waals surface area contributed by atoms with Crippen LogP contribution in [0.4, 0.5) is 0 Å². The molecule has 3 heterocycles. The van der Waals surface area contributed by atoms with Crippen LogP contribution in [0.1, 0.15) is 38.0 Å². The van der Waals surface area contributed by atoms with Gasteiger partial charge in [0, 0.05) is 5.56 Å². The summed E-state index contributed by atoms with van der Waals surface area (Å²) in [6, 6.07) is 7.84. The predicted molar refractivity (Wildman–Crippen MR) is 83.4 cm³/mol. The molecule has 1 aromatic rings. The zero-order valence-electron chi connectivity index (χ0n) is 13.6. The number of epoxide rings is 1. The molecule has 3 aliphatic heterocycles. The second-order valence-electron chi connectivity index (χ2n) is 6.45. The van der Waals surface area contributed by atoms with Gasteiger partial charge in [-0.15, -0.1) is 0 Å². The van der Waals surface area contributed by atoms with Crippen molar-refractivity contribution >= 4 is 0 Å². The van der Waals surface area contributed by atoms with Crippen molar-refractivity contribution in [1.82, 2.24) is 0 Å². The maximum atomic E-state index is 6.22. The molecule has 4 rings (SSSR count). The molecule has 0 unspecified atom stereocenters. The molecular weight excluding hydrogens is 296 g/mol. The summed E-state index contributed by atoms with van der Waals surface area (Å²) < 4.78 is 29.3.